The molecule has 2 atom stereocenters. The number of aryl methyl sites for hydroxylation is 1. The molecule has 1 fully saturated rings. The smallest absolute Gasteiger partial charge is 0.408 e. The summed E-state index contributed by atoms with van der Waals surface area (Å²) in [6.07, 6.45) is -1.90. The largest absolute Gasteiger partial charge is 0.425 e. The molecule has 25 heavy (non-hydrogen) atoms. The molecule has 1 aliphatic rings. The van der Waals surface area contributed by atoms with Crippen molar-refractivity contribution in [2.75, 3.05) is 6.54 Å². The highest BCUT2D eigenvalue weighted by Gasteiger charge is 2.35. The van der Waals surface area contributed by atoms with E-state index in [1.54, 1.807) is 0 Å². The maximum atomic E-state index is 12.6. The van der Waals surface area contributed by atoms with Crippen LogP contribution in [0.2, 0.25) is 0 Å². The van der Waals surface area contributed by atoms with Crippen molar-refractivity contribution >= 4 is 0 Å². The van der Waals surface area contributed by atoms with Gasteiger partial charge in [0.05, 0.1) is 12.5 Å². The quantitative estimate of drug-likeness (QED) is 0.806. The third-order valence-electron chi connectivity index (χ3n) is 4.50. The lowest BCUT2D eigenvalue weighted by molar-refractivity contribution is -0.143. The SMILES string of the molecule is CCc1nnc([C@H]2CCCN(Cc3nnnn3CC(F)(F)F)[C@H]2C)o1. The lowest BCUT2D eigenvalue weighted by Crippen LogP contribution is -2.42. The van der Waals surface area contributed by atoms with Crippen molar-refractivity contribution in [2.24, 2.45) is 0 Å². The van der Waals surface area contributed by atoms with Crippen LogP contribution in [0.3, 0.4) is 0 Å². The Hall–Kier alpha value is -2.04. The summed E-state index contributed by atoms with van der Waals surface area (Å²) in [6.45, 7) is 3.76. The van der Waals surface area contributed by atoms with Crippen molar-refractivity contribution < 1.29 is 17.6 Å². The van der Waals surface area contributed by atoms with Gasteiger partial charge in [-0.3, -0.25) is 4.90 Å². The lowest BCUT2D eigenvalue weighted by Gasteiger charge is -2.37. The van der Waals surface area contributed by atoms with Gasteiger partial charge in [0.15, 0.2) is 5.82 Å². The molecule has 1 saturated heterocycles. The van der Waals surface area contributed by atoms with E-state index in [4.69, 9.17) is 4.42 Å². The molecule has 0 spiro atoms. The average Bonchev–Trinajstić information content (AvgIpc) is 3.17. The molecule has 0 aromatic carbocycles. The number of tetrazole rings is 1. The average molecular weight is 359 g/mol. The molecule has 2 aromatic heterocycles. The van der Waals surface area contributed by atoms with Gasteiger partial charge in [0.1, 0.15) is 6.54 Å². The third kappa shape index (κ3) is 4.14. The molecule has 1 aliphatic heterocycles. The molecule has 0 saturated carbocycles. The van der Waals surface area contributed by atoms with Gasteiger partial charge in [-0.05, 0) is 36.7 Å². The number of alkyl halides is 3. The highest BCUT2D eigenvalue weighted by Crippen LogP contribution is 2.32. The van der Waals surface area contributed by atoms with Crippen molar-refractivity contribution in [3.8, 4) is 0 Å². The summed E-state index contributed by atoms with van der Waals surface area (Å²) >= 11 is 0. The summed E-state index contributed by atoms with van der Waals surface area (Å²) in [4.78, 5) is 2.06. The summed E-state index contributed by atoms with van der Waals surface area (Å²) in [5, 5.41) is 18.7. The minimum atomic E-state index is -4.36. The van der Waals surface area contributed by atoms with E-state index in [0.29, 0.717) is 18.2 Å². The van der Waals surface area contributed by atoms with Crippen LogP contribution in [0.1, 0.15) is 50.2 Å². The standard InChI is InChI=1S/C14H20F3N7O/c1-3-12-19-20-13(25-12)10-5-4-6-23(9(10)2)7-11-18-21-22-24(11)8-14(15,16)17/h9-10H,3-8H2,1-2H3/t9-,10-/m0/s1. The Balaban J connectivity index is 1.72. The Kier molecular flexibility index (Phi) is 5.02. The predicted molar refractivity (Wildman–Crippen MR) is 79.4 cm³/mol. The summed E-state index contributed by atoms with van der Waals surface area (Å²) in [7, 11) is 0. The van der Waals surface area contributed by atoms with Gasteiger partial charge in [-0.25, -0.2) is 4.68 Å². The molecule has 3 heterocycles. The second kappa shape index (κ2) is 7.06. The van der Waals surface area contributed by atoms with E-state index in [9.17, 15) is 13.2 Å². The number of nitrogens with zero attached hydrogens (tertiary/aromatic N) is 7. The fourth-order valence-corrected chi connectivity index (χ4v) is 3.14. The molecule has 0 radical (unpaired) electrons. The second-order valence-electron chi connectivity index (χ2n) is 6.22. The van der Waals surface area contributed by atoms with Gasteiger partial charge in [-0.15, -0.1) is 15.3 Å². The molecule has 11 heteroatoms. The topological polar surface area (TPSA) is 85.8 Å². The first-order chi connectivity index (χ1) is 11.9. The minimum Gasteiger partial charge on any atom is -0.425 e. The van der Waals surface area contributed by atoms with E-state index in [-0.39, 0.29) is 24.3 Å². The Morgan fingerprint density at radius 1 is 1.24 bits per heavy atom. The maximum Gasteiger partial charge on any atom is 0.408 e. The highest BCUT2D eigenvalue weighted by atomic mass is 19.4. The van der Waals surface area contributed by atoms with E-state index >= 15 is 0 Å². The zero-order chi connectivity index (χ0) is 18.0. The van der Waals surface area contributed by atoms with Crippen LogP contribution in [0, 0.1) is 0 Å². The Bertz CT molecular complexity index is 699. The van der Waals surface area contributed by atoms with Crippen LogP contribution < -0.4 is 0 Å². The summed E-state index contributed by atoms with van der Waals surface area (Å²) in [5.74, 6) is 1.43. The van der Waals surface area contributed by atoms with Crippen molar-refractivity contribution in [2.45, 2.75) is 64.3 Å². The molecule has 0 aliphatic carbocycles. The molecule has 2 aromatic rings. The molecular formula is C14H20F3N7O. The number of aromatic nitrogens is 6. The van der Waals surface area contributed by atoms with Crippen LogP contribution in [0.4, 0.5) is 13.2 Å². The Labute approximate surface area is 142 Å². The number of hydrogen-bond acceptors (Lipinski definition) is 7. The number of rotatable bonds is 5. The summed E-state index contributed by atoms with van der Waals surface area (Å²) in [6, 6.07) is 0.0370. The lowest BCUT2D eigenvalue weighted by atomic mass is 9.90. The van der Waals surface area contributed by atoms with Crippen LogP contribution in [0.5, 0.6) is 0 Å². The van der Waals surface area contributed by atoms with E-state index in [1.165, 1.54) is 0 Å². The first-order valence-corrected chi connectivity index (χ1v) is 8.25. The fourth-order valence-electron chi connectivity index (χ4n) is 3.14. The maximum absolute atomic E-state index is 12.6. The number of likely N-dealkylation sites (tertiary alicyclic amines) is 1. The zero-order valence-corrected chi connectivity index (χ0v) is 14.1. The monoisotopic (exact) mass is 359 g/mol. The normalized spacial score (nSPS) is 22.4. The van der Waals surface area contributed by atoms with E-state index < -0.39 is 12.7 Å². The molecule has 0 bridgehead atoms. The number of hydrogen-bond donors (Lipinski definition) is 0. The van der Waals surface area contributed by atoms with Gasteiger partial charge in [-0.2, -0.15) is 13.2 Å². The highest BCUT2D eigenvalue weighted by molar-refractivity contribution is 5.00. The van der Waals surface area contributed by atoms with E-state index in [2.05, 4.69) is 30.6 Å². The van der Waals surface area contributed by atoms with Gasteiger partial charge < -0.3 is 4.42 Å². The van der Waals surface area contributed by atoms with Gasteiger partial charge in [0.25, 0.3) is 0 Å². The summed E-state index contributed by atoms with van der Waals surface area (Å²) in [5.41, 5.74) is 0. The molecule has 0 unspecified atom stereocenters. The van der Waals surface area contributed by atoms with E-state index in [1.807, 2.05) is 13.8 Å². The van der Waals surface area contributed by atoms with Gasteiger partial charge >= 0.3 is 6.18 Å². The molecule has 0 N–H and O–H groups in total. The zero-order valence-electron chi connectivity index (χ0n) is 14.1. The molecule has 0 amide bonds. The molecule has 138 valence electrons. The van der Waals surface area contributed by atoms with Crippen molar-refractivity contribution in [1.82, 2.24) is 35.3 Å². The van der Waals surface area contributed by atoms with Crippen LogP contribution in [0.25, 0.3) is 0 Å². The molecule has 3 rings (SSSR count). The van der Waals surface area contributed by atoms with Crippen LogP contribution in [-0.2, 0) is 19.5 Å². The fraction of sp³-hybridized carbons (Fsp3) is 0.786. The number of halogens is 3. The Morgan fingerprint density at radius 2 is 2.04 bits per heavy atom. The van der Waals surface area contributed by atoms with Crippen LogP contribution in [0.15, 0.2) is 4.42 Å². The van der Waals surface area contributed by atoms with Gasteiger partial charge in [-0.1, -0.05) is 6.92 Å². The molecular weight excluding hydrogens is 339 g/mol. The Morgan fingerprint density at radius 3 is 2.72 bits per heavy atom. The minimum absolute atomic E-state index is 0.0370. The summed E-state index contributed by atoms with van der Waals surface area (Å²) < 4.78 is 44.3. The van der Waals surface area contributed by atoms with Crippen molar-refractivity contribution in [1.29, 1.82) is 0 Å². The number of piperidine rings is 1. The third-order valence-corrected chi connectivity index (χ3v) is 4.50. The van der Waals surface area contributed by atoms with Gasteiger partial charge in [0, 0.05) is 12.5 Å². The first-order valence-electron chi connectivity index (χ1n) is 8.25. The molecule has 8 nitrogen and oxygen atoms in total. The van der Waals surface area contributed by atoms with E-state index in [0.717, 1.165) is 24.1 Å². The predicted octanol–water partition coefficient (Wildman–Crippen LogP) is 1.95. The van der Waals surface area contributed by atoms with Crippen molar-refractivity contribution in [3.05, 3.63) is 17.6 Å². The second-order valence-corrected chi connectivity index (χ2v) is 6.22. The van der Waals surface area contributed by atoms with Crippen LogP contribution in [-0.4, -0.2) is 54.1 Å². The van der Waals surface area contributed by atoms with Crippen molar-refractivity contribution in [3.63, 3.8) is 0 Å². The first kappa shape index (κ1) is 17.8. The van der Waals surface area contributed by atoms with Gasteiger partial charge in [0.2, 0.25) is 11.8 Å². The van der Waals surface area contributed by atoms with Crippen LogP contribution >= 0.6 is 0 Å².